The highest BCUT2D eigenvalue weighted by Gasteiger charge is 2.42. The predicted octanol–water partition coefficient (Wildman–Crippen LogP) is 1.40. The molecule has 2 N–H and O–H groups in total. The molecule has 0 radical (unpaired) electrons. The zero-order valence-electron chi connectivity index (χ0n) is 12.3. The van der Waals surface area contributed by atoms with Crippen molar-refractivity contribution in [2.24, 2.45) is 11.7 Å². The molecular formula is C14H28N2O2S. The Morgan fingerprint density at radius 3 is 2.42 bits per heavy atom. The quantitative estimate of drug-likeness (QED) is 0.853. The number of hydrogen-bond donors (Lipinski definition) is 1. The number of likely N-dealkylation sites (N-methyl/N-ethyl adjacent to an activating group) is 1. The molecule has 1 saturated carbocycles. The number of sulfone groups is 1. The first-order valence-corrected chi connectivity index (χ1v) is 9.34. The molecule has 1 aliphatic carbocycles. The summed E-state index contributed by atoms with van der Waals surface area (Å²) in [6, 6.07) is 0.577. The van der Waals surface area contributed by atoms with E-state index in [1.807, 2.05) is 0 Å². The van der Waals surface area contributed by atoms with Gasteiger partial charge in [0.25, 0.3) is 0 Å². The topological polar surface area (TPSA) is 63.4 Å². The van der Waals surface area contributed by atoms with E-state index in [1.165, 1.54) is 25.7 Å². The second-order valence-electron chi connectivity index (χ2n) is 6.62. The summed E-state index contributed by atoms with van der Waals surface area (Å²) in [4.78, 5) is 2.43. The summed E-state index contributed by atoms with van der Waals surface area (Å²) >= 11 is 0. The van der Waals surface area contributed by atoms with E-state index in [9.17, 15) is 8.42 Å². The van der Waals surface area contributed by atoms with Crippen molar-refractivity contribution >= 4 is 9.84 Å². The summed E-state index contributed by atoms with van der Waals surface area (Å²) in [6.07, 6.45) is 6.48. The van der Waals surface area contributed by atoms with Gasteiger partial charge in [0.05, 0.1) is 11.5 Å². The lowest BCUT2D eigenvalue weighted by Gasteiger charge is -2.49. The van der Waals surface area contributed by atoms with Crippen LogP contribution in [0.4, 0.5) is 0 Å². The number of rotatable bonds is 3. The summed E-state index contributed by atoms with van der Waals surface area (Å²) in [5.41, 5.74) is 5.94. The highest BCUT2D eigenvalue weighted by atomic mass is 32.2. The van der Waals surface area contributed by atoms with E-state index < -0.39 is 9.84 Å². The molecule has 0 bridgehead atoms. The Bertz CT molecular complexity index is 394. The van der Waals surface area contributed by atoms with Crippen LogP contribution < -0.4 is 5.73 Å². The average molecular weight is 288 g/mol. The van der Waals surface area contributed by atoms with Crippen molar-refractivity contribution in [3.63, 3.8) is 0 Å². The molecule has 2 unspecified atom stereocenters. The van der Waals surface area contributed by atoms with Gasteiger partial charge in [-0.3, -0.25) is 4.90 Å². The van der Waals surface area contributed by atoms with Gasteiger partial charge in [-0.2, -0.15) is 0 Å². The van der Waals surface area contributed by atoms with Crippen LogP contribution in [-0.2, 0) is 9.84 Å². The fraction of sp³-hybridized carbons (Fsp3) is 1.00. The van der Waals surface area contributed by atoms with Crippen molar-refractivity contribution in [3.8, 4) is 0 Å². The first kappa shape index (κ1) is 15.3. The maximum Gasteiger partial charge on any atom is 0.150 e. The molecular weight excluding hydrogens is 260 g/mol. The monoisotopic (exact) mass is 288 g/mol. The molecule has 4 nitrogen and oxygen atoms in total. The van der Waals surface area contributed by atoms with Crippen LogP contribution in [0, 0.1) is 5.92 Å². The predicted molar refractivity (Wildman–Crippen MR) is 78.9 cm³/mol. The molecule has 19 heavy (non-hydrogen) atoms. The molecule has 5 heteroatoms. The molecule has 2 aliphatic rings. The lowest BCUT2D eigenvalue weighted by molar-refractivity contribution is 0.0395. The fourth-order valence-electron chi connectivity index (χ4n) is 3.76. The standard InChI is InChI=1S/C14H28N2O2S/c1-12-4-3-5-13(10-12)16(2)14(11-15)6-8-19(17,18)9-7-14/h12-13H,3-11,15H2,1-2H3. The minimum atomic E-state index is -2.82. The molecule has 112 valence electrons. The lowest BCUT2D eigenvalue weighted by Crippen LogP contribution is -2.59. The Hall–Kier alpha value is -0.130. The third kappa shape index (κ3) is 3.31. The van der Waals surface area contributed by atoms with Gasteiger partial charge in [0.1, 0.15) is 9.84 Å². The van der Waals surface area contributed by atoms with E-state index in [0.29, 0.717) is 36.9 Å². The van der Waals surface area contributed by atoms with Crippen molar-refractivity contribution in [1.29, 1.82) is 0 Å². The summed E-state index contributed by atoms with van der Waals surface area (Å²) in [5.74, 6) is 1.39. The SMILES string of the molecule is CC1CCCC(N(C)C2(CN)CCS(=O)(=O)CC2)C1. The Balaban J connectivity index is 2.08. The van der Waals surface area contributed by atoms with E-state index in [2.05, 4.69) is 18.9 Å². The van der Waals surface area contributed by atoms with Crippen molar-refractivity contribution < 1.29 is 8.42 Å². The van der Waals surface area contributed by atoms with E-state index in [1.54, 1.807) is 0 Å². The zero-order chi connectivity index (χ0) is 14.1. The molecule has 0 spiro atoms. The minimum absolute atomic E-state index is 0.0902. The maximum atomic E-state index is 11.6. The van der Waals surface area contributed by atoms with Gasteiger partial charge in [-0.25, -0.2) is 8.42 Å². The van der Waals surface area contributed by atoms with Gasteiger partial charge < -0.3 is 5.73 Å². The Labute approximate surface area is 117 Å². The molecule has 1 heterocycles. The van der Waals surface area contributed by atoms with Crippen molar-refractivity contribution in [1.82, 2.24) is 4.90 Å². The molecule has 0 aromatic carbocycles. The Morgan fingerprint density at radius 1 is 1.26 bits per heavy atom. The minimum Gasteiger partial charge on any atom is -0.329 e. The number of hydrogen-bond acceptors (Lipinski definition) is 4. The van der Waals surface area contributed by atoms with E-state index in [-0.39, 0.29) is 5.54 Å². The zero-order valence-corrected chi connectivity index (χ0v) is 13.1. The lowest BCUT2D eigenvalue weighted by atomic mass is 9.82. The van der Waals surface area contributed by atoms with Gasteiger partial charge >= 0.3 is 0 Å². The summed E-state index contributed by atoms with van der Waals surface area (Å²) in [6.45, 7) is 2.89. The second-order valence-corrected chi connectivity index (χ2v) is 8.92. The first-order valence-electron chi connectivity index (χ1n) is 7.52. The summed E-state index contributed by atoms with van der Waals surface area (Å²) in [7, 11) is -0.661. The number of nitrogens with two attached hydrogens (primary N) is 1. The van der Waals surface area contributed by atoms with Gasteiger partial charge in [0.15, 0.2) is 0 Å². The largest absolute Gasteiger partial charge is 0.329 e. The fourth-order valence-corrected chi connectivity index (χ4v) is 5.35. The van der Waals surface area contributed by atoms with Crippen LogP contribution in [0.1, 0.15) is 45.4 Å². The van der Waals surface area contributed by atoms with Gasteiger partial charge in [-0.15, -0.1) is 0 Å². The van der Waals surface area contributed by atoms with Crippen LogP contribution in [-0.4, -0.2) is 50.0 Å². The second kappa shape index (κ2) is 5.70. The summed E-state index contributed by atoms with van der Waals surface area (Å²) in [5, 5.41) is 0. The molecule has 2 atom stereocenters. The van der Waals surface area contributed by atoms with Gasteiger partial charge in [0, 0.05) is 18.1 Å². The highest BCUT2D eigenvalue weighted by Crippen LogP contribution is 2.35. The van der Waals surface area contributed by atoms with Crippen LogP contribution in [0.5, 0.6) is 0 Å². The van der Waals surface area contributed by atoms with E-state index in [4.69, 9.17) is 5.73 Å². The van der Waals surface area contributed by atoms with Crippen molar-refractivity contribution in [2.45, 2.75) is 57.0 Å². The van der Waals surface area contributed by atoms with Crippen LogP contribution in [0.2, 0.25) is 0 Å². The van der Waals surface area contributed by atoms with Gasteiger partial charge in [0.2, 0.25) is 0 Å². The normalized spacial score (nSPS) is 34.3. The molecule has 2 fully saturated rings. The number of nitrogens with zero attached hydrogens (tertiary/aromatic N) is 1. The molecule has 0 amide bonds. The molecule has 0 aromatic heterocycles. The molecule has 1 saturated heterocycles. The third-order valence-electron chi connectivity index (χ3n) is 5.34. The van der Waals surface area contributed by atoms with Gasteiger partial charge in [-0.05, 0) is 38.6 Å². The third-order valence-corrected chi connectivity index (χ3v) is 6.99. The first-order chi connectivity index (χ1) is 8.88. The van der Waals surface area contributed by atoms with Crippen LogP contribution in [0.15, 0.2) is 0 Å². The Morgan fingerprint density at radius 2 is 1.89 bits per heavy atom. The summed E-state index contributed by atoms with van der Waals surface area (Å²) < 4.78 is 23.3. The van der Waals surface area contributed by atoms with Crippen molar-refractivity contribution in [2.75, 3.05) is 25.1 Å². The average Bonchev–Trinajstić information content (AvgIpc) is 2.39. The maximum absolute atomic E-state index is 11.6. The van der Waals surface area contributed by atoms with Crippen LogP contribution in [0.25, 0.3) is 0 Å². The van der Waals surface area contributed by atoms with Gasteiger partial charge in [-0.1, -0.05) is 19.8 Å². The van der Waals surface area contributed by atoms with E-state index in [0.717, 1.165) is 5.92 Å². The van der Waals surface area contributed by atoms with Crippen LogP contribution in [0.3, 0.4) is 0 Å². The van der Waals surface area contributed by atoms with Crippen LogP contribution >= 0.6 is 0 Å². The molecule has 1 aliphatic heterocycles. The smallest absolute Gasteiger partial charge is 0.150 e. The van der Waals surface area contributed by atoms with E-state index >= 15 is 0 Å². The highest BCUT2D eigenvalue weighted by molar-refractivity contribution is 7.91. The molecule has 0 aromatic rings. The van der Waals surface area contributed by atoms with Crippen molar-refractivity contribution in [3.05, 3.63) is 0 Å². The Kier molecular flexibility index (Phi) is 4.58. The molecule has 2 rings (SSSR count).